The second-order valence-corrected chi connectivity index (χ2v) is 11.5. The number of aromatic nitrogens is 1. The van der Waals surface area contributed by atoms with Crippen LogP contribution in [0, 0.1) is 6.92 Å². The Morgan fingerprint density at radius 1 is 1.02 bits per heavy atom. The number of fused-ring (bicyclic) bond motifs is 1. The summed E-state index contributed by atoms with van der Waals surface area (Å²) < 4.78 is 6.09. The van der Waals surface area contributed by atoms with Gasteiger partial charge >= 0.3 is 6.09 Å². The molecule has 5 aromatic rings. The highest BCUT2D eigenvalue weighted by Gasteiger charge is 2.31. The summed E-state index contributed by atoms with van der Waals surface area (Å²) in [5.74, 6) is 0.748. The first-order chi connectivity index (χ1) is 21.4. The van der Waals surface area contributed by atoms with Crippen LogP contribution in [0.1, 0.15) is 24.0 Å². The van der Waals surface area contributed by atoms with Crippen LogP contribution in [-0.2, 0) is 11.4 Å². The van der Waals surface area contributed by atoms with Gasteiger partial charge in [0, 0.05) is 35.3 Å². The fourth-order valence-corrected chi connectivity index (χ4v) is 6.26. The molecular formula is C36H32ClN3O4. The minimum atomic E-state index is -0.972. The molecule has 1 N–H and O–H groups in total. The number of carboxylic acid groups (broad SMARTS) is 1. The van der Waals surface area contributed by atoms with Crippen LogP contribution in [-0.4, -0.2) is 46.6 Å². The van der Waals surface area contributed by atoms with Crippen molar-refractivity contribution in [1.29, 1.82) is 0 Å². The Balaban J connectivity index is 1.44. The van der Waals surface area contributed by atoms with Crippen LogP contribution in [0.3, 0.4) is 0 Å². The molecule has 6 rings (SSSR count). The van der Waals surface area contributed by atoms with Crippen LogP contribution in [0.15, 0.2) is 97.2 Å². The molecule has 1 aromatic heterocycles. The van der Waals surface area contributed by atoms with Gasteiger partial charge in [-0.05, 0) is 84.0 Å². The lowest BCUT2D eigenvalue weighted by atomic mass is 9.97. The van der Waals surface area contributed by atoms with E-state index in [4.69, 9.17) is 21.3 Å². The zero-order chi connectivity index (χ0) is 30.6. The van der Waals surface area contributed by atoms with Gasteiger partial charge in [0.1, 0.15) is 12.4 Å². The van der Waals surface area contributed by atoms with Gasteiger partial charge in [0.25, 0.3) is 0 Å². The smallest absolute Gasteiger partial charge is 0.407 e. The Hall–Kier alpha value is -4.88. The normalized spacial score (nSPS) is 14.5. The van der Waals surface area contributed by atoms with Crippen LogP contribution in [0.4, 0.5) is 10.5 Å². The van der Waals surface area contributed by atoms with Crippen LogP contribution in [0.25, 0.3) is 33.2 Å². The number of hydrogen-bond donors (Lipinski definition) is 1. The van der Waals surface area contributed by atoms with Crippen molar-refractivity contribution in [2.75, 3.05) is 18.0 Å². The number of anilines is 1. The quantitative estimate of drug-likeness (QED) is 0.171. The summed E-state index contributed by atoms with van der Waals surface area (Å²) >= 11 is 6.47. The fraction of sp³-hybridized carbons (Fsp3) is 0.194. The van der Waals surface area contributed by atoms with Crippen LogP contribution in [0.5, 0.6) is 5.75 Å². The maximum absolute atomic E-state index is 12.8. The van der Waals surface area contributed by atoms with Gasteiger partial charge in [-0.25, -0.2) is 4.79 Å². The second-order valence-electron chi connectivity index (χ2n) is 11.1. The van der Waals surface area contributed by atoms with Crippen molar-refractivity contribution in [3.05, 3.63) is 113 Å². The maximum Gasteiger partial charge on any atom is 0.407 e. The molecule has 1 fully saturated rings. The van der Waals surface area contributed by atoms with E-state index in [-0.39, 0.29) is 12.6 Å². The summed E-state index contributed by atoms with van der Waals surface area (Å²) in [5.41, 5.74) is 6.91. The molecule has 0 bridgehead atoms. The van der Waals surface area contributed by atoms with E-state index >= 15 is 0 Å². The van der Waals surface area contributed by atoms with E-state index in [0.717, 1.165) is 62.9 Å². The molecule has 222 valence electrons. The van der Waals surface area contributed by atoms with Gasteiger partial charge in [-0.15, -0.1) is 0 Å². The number of amides is 2. The first-order valence-corrected chi connectivity index (χ1v) is 15.0. The molecule has 8 heteroatoms. The lowest BCUT2D eigenvalue weighted by molar-refractivity contribution is -0.107. The van der Waals surface area contributed by atoms with E-state index < -0.39 is 6.09 Å². The molecule has 1 aliphatic heterocycles. The highest BCUT2D eigenvalue weighted by molar-refractivity contribution is 6.31. The van der Waals surface area contributed by atoms with Crippen molar-refractivity contribution in [3.8, 4) is 28.0 Å². The van der Waals surface area contributed by atoms with Gasteiger partial charge in [-0.2, -0.15) is 0 Å². The number of ether oxygens (including phenoxy) is 1. The Labute approximate surface area is 261 Å². The van der Waals surface area contributed by atoms with Crippen molar-refractivity contribution in [2.45, 2.75) is 32.4 Å². The predicted octanol–water partition coefficient (Wildman–Crippen LogP) is 8.21. The van der Waals surface area contributed by atoms with Gasteiger partial charge < -0.3 is 19.6 Å². The Morgan fingerprint density at radius 3 is 2.61 bits per heavy atom. The van der Waals surface area contributed by atoms with E-state index in [2.05, 4.69) is 0 Å². The average Bonchev–Trinajstić information content (AvgIpc) is 3.51. The van der Waals surface area contributed by atoms with Crippen molar-refractivity contribution in [1.82, 2.24) is 9.88 Å². The van der Waals surface area contributed by atoms with E-state index in [1.54, 1.807) is 11.1 Å². The highest BCUT2D eigenvalue weighted by atomic mass is 35.5. The molecule has 0 radical (unpaired) electrons. The van der Waals surface area contributed by atoms with Gasteiger partial charge in [0.05, 0.1) is 17.2 Å². The first-order valence-electron chi connectivity index (χ1n) is 14.6. The summed E-state index contributed by atoms with van der Waals surface area (Å²) in [7, 11) is 0. The van der Waals surface area contributed by atoms with E-state index in [1.165, 1.54) is 4.90 Å². The number of likely N-dealkylation sites (tertiary alicyclic amines) is 1. The molecule has 1 saturated heterocycles. The Morgan fingerprint density at radius 2 is 1.84 bits per heavy atom. The number of aryl methyl sites for hydroxylation is 1. The Kier molecular flexibility index (Phi) is 8.48. The topological polar surface area (TPSA) is 83.0 Å². The Bertz CT molecular complexity index is 1810. The van der Waals surface area contributed by atoms with Gasteiger partial charge in [-0.1, -0.05) is 66.2 Å². The number of halogens is 1. The third-order valence-corrected chi connectivity index (χ3v) is 8.27. The molecule has 4 aromatic carbocycles. The zero-order valence-electron chi connectivity index (χ0n) is 24.3. The standard InChI is InChI=1S/C36H32ClN3O4/c1-24-15-28(17-29(37)16-24)33-20-38-34-13-12-27(26-9-5-11-31(18-26)44-22-25-7-3-2-4-8-25)19-32(34)35(33)39(23-41)21-30-10-6-14-40(30)36(42)43/h2-5,7-9,11-13,15-20,23,30H,6,10,14,21-22H2,1H3,(H,42,43)/t30-/m1/s1. The first kappa shape index (κ1) is 29.2. The third kappa shape index (κ3) is 6.24. The van der Waals surface area contributed by atoms with E-state index in [0.29, 0.717) is 30.3 Å². The number of pyridine rings is 1. The number of benzene rings is 4. The molecule has 1 atom stereocenters. The predicted molar refractivity (Wildman–Crippen MR) is 174 cm³/mol. The van der Waals surface area contributed by atoms with E-state index in [9.17, 15) is 14.7 Å². The lowest BCUT2D eigenvalue weighted by Crippen LogP contribution is -2.42. The molecule has 2 amide bonds. The molecule has 0 unspecified atom stereocenters. The molecule has 0 spiro atoms. The van der Waals surface area contributed by atoms with Gasteiger partial charge in [0.2, 0.25) is 6.41 Å². The molecule has 7 nitrogen and oxygen atoms in total. The summed E-state index contributed by atoms with van der Waals surface area (Å²) in [5, 5.41) is 11.1. The minimum Gasteiger partial charge on any atom is -0.489 e. The second kappa shape index (κ2) is 12.8. The van der Waals surface area contributed by atoms with E-state index in [1.807, 2.05) is 97.9 Å². The van der Waals surface area contributed by atoms with Crippen LogP contribution in [0.2, 0.25) is 5.02 Å². The van der Waals surface area contributed by atoms with Gasteiger partial charge in [0.15, 0.2) is 0 Å². The lowest BCUT2D eigenvalue weighted by Gasteiger charge is -2.29. The summed E-state index contributed by atoms with van der Waals surface area (Å²) in [6.07, 6.45) is 3.03. The van der Waals surface area contributed by atoms with Gasteiger partial charge in [-0.3, -0.25) is 9.78 Å². The van der Waals surface area contributed by atoms with Crippen LogP contribution < -0.4 is 9.64 Å². The largest absolute Gasteiger partial charge is 0.489 e. The molecule has 1 aliphatic rings. The highest BCUT2D eigenvalue weighted by Crippen LogP contribution is 2.40. The SMILES string of the molecule is Cc1cc(Cl)cc(-c2cnc3ccc(-c4cccc(OCc5ccccc5)c4)cc3c2N(C=O)C[C@H]2CCCN2C(=O)O)c1. The van der Waals surface area contributed by atoms with Crippen molar-refractivity contribution >= 4 is 40.7 Å². The monoisotopic (exact) mass is 605 g/mol. The third-order valence-electron chi connectivity index (χ3n) is 8.05. The minimum absolute atomic E-state index is 0.231. The zero-order valence-corrected chi connectivity index (χ0v) is 25.1. The number of rotatable bonds is 9. The molecule has 44 heavy (non-hydrogen) atoms. The summed E-state index contributed by atoms with van der Waals surface area (Å²) in [6, 6.07) is 29.4. The molecule has 2 heterocycles. The number of carbonyl (C=O) groups is 2. The summed E-state index contributed by atoms with van der Waals surface area (Å²) in [6.45, 7) is 3.11. The maximum atomic E-state index is 12.8. The van der Waals surface area contributed by atoms with Crippen molar-refractivity contribution < 1.29 is 19.4 Å². The van der Waals surface area contributed by atoms with Crippen molar-refractivity contribution in [2.24, 2.45) is 0 Å². The molecule has 0 aliphatic carbocycles. The van der Waals surface area contributed by atoms with Crippen LogP contribution >= 0.6 is 11.6 Å². The van der Waals surface area contributed by atoms with Crippen molar-refractivity contribution in [3.63, 3.8) is 0 Å². The number of hydrogen-bond acceptors (Lipinski definition) is 4. The number of nitrogens with zero attached hydrogens (tertiary/aromatic N) is 3. The average molecular weight is 606 g/mol. The number of carbonyl (C=O) groups excluding carboxylic acids is 1. The fourth-order valence-electron chi connectivity index (χ4n) is 5.97. The summed E-state index contributed by atoms with van der Waals surface area (Å²) in [4.78, 5) is 32.6. The molecular weight excluding hydrogens is 574 g/mol. The molecule has 0 saturated carbocycles.